The standard InChI is InChI=1S/C15H28O/c1-2-3-4-5-9-13-16-14-12-15-10-7-6-8-11-15/h9,13,15H,2-8,10-12,14H2,1H3. The van der Waals surface area contributed by atoms with Crippen LogP contribution in [-0.2, 0) is 4.74 Å². The van der Waals surface area contributed by atoms with Gasteiger partial charge in [0.15, 0.2) is 0 Å². The van der Waals surface area contributed by atoms with Gasteiger partial charge >= 0.3 is 0 Å². The molecule has 0 amide bonds. The Labute approximate surface area is 101 Å². The maximum atomic E-state index is 5.54. The predicted molar refractivity (Wildman–Crippen MR) is 70.4 cm³/mol. The molecule has 0 aromatic heterocycles. The first kappa shape index (κ1) is 13.6. The van der Waals surface area contributed by atoms with Crippen LogP contribution in [0.15, 0.2) is 12.3 Å². The lowest BCUT2D eigenvalue weighted by Crippen LogP contribution is -2.08. The number of allylic oxidation sites excluding steroid dienone is 1. The molecule has 1 aliphatic carbocycles. The van der Waals surface area contributed by atoms with Crippen LogP contribution in [0.5, 0.6) is 0 Å². The molecule has 1 rings (SSSR count). The Bertz CT molecular complexity index is 168. The summed E-state index contributed by atoms with van der Waals surface area (Å²) in [4.78, 5) is 0. The minimum absolute atomic E-state index is 0.926. The van der Waals surface area contributed by atoms with Gasteiger partial charge < -0.3 is 4.74 Å². The van der Waals surface area contributed by atoms with E-state index in [1.807, 2.05) is 6.26 Å². The van der Waals surface area contributed by atoms with Crippen molar-refractivity contribution in [3.8, 4) is 0 Å². The van der Waals surface area contributed by atoms with Gasteiger partial charge in [-0.1, -0.05) is 51.9 Å². The summed E-state index contributed by atoms with van der Waals surface area (Å²) in [6.45, 7) is 3.17. The summed E-state index contributed by atoms with van der Waals surface area (Å²) in [6, 6.07) is 0. The third kappa shape index (κ3) is 6.92. The fourth-order valence-electron chi connectivity index (χ4n) is 2.43. The van der Waals surface area contributed by atoms with Gasteiger partial charge in [-0.25, -0.2) is 0 Å². The molecule has 0 radical (unpaired) electrons. The minimum atomic E-state index is 0.926. The predicted octanol–water partition coefficient (Wildman–Crippen LogP) is 5.07. The maximum absolute atomic E-state index is 5.54. The number of hydrogen-bond donors (Lipinski definition) is 0. The van der Waals surface area contributed by atoms with Gasteiger partial charge in [0.05, 0.1) is 12.9 Å². The summed E-state index contributed by atoms with van der Waals surface area (Å²) in [5.74, 6) is 0.947. The van der Waals surface area contributed by atoms with Crippen molar-refractivity contribution in [2.45, 2.75) is 71.1 Å². The lowest BCUT2D eigenvalue weighted by atomic mass is 9.87. The molecule has 0 saturated heterocycles. The minimum Gasteiger partial charge on any atom is -0.502 e. The zero-order valence-corrected chi connectivity index (χ0v) is 10.9. The molecule has 1 aliphatic rings. The van der Waals surface area contributed by atoms with Gasteiger partial charge in [-0.2, -0.15) is 0 Å². The van der Waals surface area contributed by atoms with E-state index < -0.39 is 0 Å². The number of ether oxygens (including phenoxy) is 1. The van der Waals surface area contributed by atoms with Crippen molar-refractivity contribution in [2.24, 2.45) is 5.92 Å². The highest BCUT2D eigenvalue weighted by molar-refractivity contribution is 4.73. The van der Waals surface area contributed by atoms with Crippen LogP contribution in [-0.4, -0.2) is 6.61 Å². The second-order valence-electron chi connectivity index (χ2n) is 5.03. The molecule has 0 aromatic carbocycles. The van der Waals surface area contributed by atoms with E-state index in [9.17, 15) is 0 Å². The fourth-order valence-corrected chi connectivity index (χ4v) is 2.43. The van der Waals surface area contributed by atoms with Crippen molar-refractivity contribution in [1.82, 2.24) is 0 Å². The Kier molecular flexibility index (Phi) is 8.28. The molecule has 0 aromatic rings. The van der Waals surface area contributed by atoms with Crippen LogP contribution < -0.4 is 0 Å². The Morgan fingerprint density at radius 1 is 1.12 bits per heavy atom. The average molecular weight is 224 g/mol. The first-order chi connectivity index (χ1) is 7.93. The lowest BCUT2D eigenvalue weighted by molar-refractivity contribution is 0.202. The second-order valence-corrected chi connectivity index (χ2v) is 5.03. The molecule has 0 unspecified atom stereocenters. The zero-order valence-electron chi connectivity index (χ0n) is 10.9. The van der Waals surface area contributed by atoms with Crippen molar-refractivity contribution in [3.05, 3.63) is 12.3 Å². The summed E-state index contributed by atoms with van der Waals surface area (Å²) >= 11 is 0. The maximum Gasteiger partial charge on any atom is 0.0875 e. The van der Waals surface area contributed by atoms with E-state index in [0.717, 1.165) is 12.5 Å². The molecule has 1 saturated carbocycles. The van der Waals surface area contributed by atoms with E-state index in [1.165, 1.54) is 64.2 Å². The Hall–Kier alpha value is -0.460. The molecule has 0 heterocycles. The quantitative estimate of drug-likeness (QED) is 0.413. The first-order valence-corrected chi connectivity index (χ1v) is 7.20. The van der Waals surface area contributed by atoms with Crippen molar-refractivity contribution < 1.29 is 4.74 Å². The van der Waals surface area contributed by atoms with E-state index in [-0.39, 0.29) is 0 Å². The van der Waals surface area contributed by atoms with Crippen LogP contribution in [0.1, 0.15) is 71.1 Å². The van der Waals surface area contributed by atoms with E-state index in [2.05, 4.69) is 13.0 Å². The molecule has 0 atom stereocenters. The third-order valence-electron chi connectivity index (χ3n) is 3.54. The van der Waals surface area contributed by atoms with Gasteiger partial charge in [-0.15, -0.1) is 0 Å². The number of hydrogen-bond acceptors (Lipinski definition) is 1. The van der Waals surface area contributed by atoms with Crippen LogP contribution in [0.4, 0.5) is 0 Å². The summed E-state index contributed by atoms with van der Waals surface area (Å²) in [5.41, 5.74) is 0. The third-order valence-corrected chi connectivity index (χ3v) is 3.54. The topological polar surface area (TPSA) is 9.23 Å². The Morgan fingerprint density at radius 3 is 2.69 bits per heavy atom. The van der Waals surface area contributed by atoms with E-state index in [0.29, 0.717) is 0 Å². The van der Waals surface area contributed by atoms with Crippen molar-refractivity contribution in [3.63, 3.8) is 0 Å². The van der Waals surface area contributed by atoms with Gasteiger partial charge in [-0.05, 0) is 31.3 Å². The first-order valence-electron chi connectivity index (χ1n) is 7.20. The lowest BCUT2D eigenvalue weighted by Gasteiger charge is -2.20. The van der Waals surface area contributed by atoms with Gasteiger partial charge in [-0.3, -0.25) is 0 Å². The van der Waals surface area contributed by atoms with Crippen LogP contribution in [0.2, 0.25) is 0 Å². The van der Waals surface area contributed by atoms with E-state index in [4.69, 9.17) is 4.74 Å². The summed E-state index contributed by atoms with van der Waals surface area (Å²) in [6.07, 6.45) is 17.7. The summed E-state index contributed by atoms with van der Waals surface area (Å²) < 4.78 is 5.54. The molecule has 16 heavy (non-hydrogen) atoms. The van der Waals surface area contributed by atoms with E-state index >= 15 is 0 Å². The van der Waals surface area contributed by atoms with Gasteiger partial charge in [0.25, 0.3) is 0 Å². The largest absolute Gasteiger partial charge is 0.502 e. The molecular formula is C15H28O. The Morgan fingerprint density at radius 2 is 1.94 bits per heavy atom. The SMILES string of the molecule is CCCCCC=COCCC1CCCCC1. The van der Waals surface area contributed by atoms with E-state index in [1.54, 1.807) is 0 Å². The highest BCUT2D eigenvalue weighted by Gasteiger charge is 2.12. The molecular weight excluding hydrogens is 196 g/mol. The molecule has 1 nitrogen and oxygen atoms in total. The normalized spacial score (nSPS) is 18.1. The zero-order chi connectivity index (χ0) is 11.5. The van der Waals surface area contributed by atoms with Crippen molar-refractivity contribution >= 4 is 0 Å². The fraction of sp³-hybridized carbons (Fsp3) is 0.867. The summed E-state index contributed by atoms with van der Waals surface area (Å²) in [7, 11) is 0. The van der Waals surface area contributed by atoms with Crippen LogP contribution in [0, 0.1) is 5.92 Å². The van der Waals surface area contributed by atoms with Crippen LogP contribution in [0.25, 0.3) is 0 Å². The van der Waals surface area contributed by atoms with Crippen molar-refractivity contribution in [1.29, 1.82) is 0 Å². The molecule has 1 fully saturated rings. The van der Waals surface area contributed by atoms with Crippen LogP contribution in [0.3, 0.4) is 0 Å². The summed E-state index contributed by atoms with van der Waals surface area (Å²) in [5, 5.41) is 0. The molecule has 1 heteroatoms. The van der Waals surface area contributed by atoms with Crippen LogP contribution >= 0.6 is 0 Å². The van der Waals surface area contributed by atoms with Gasteiger partial charge in [0.2, 0.25) is 0 Å². The monoisotopic (exact) mass is 224 g/mol. The average Bonchev–Trinajstić information content (AvgIpc) is 2.34. The molecule has 94 valence electrons. The Balaban J connectivity index is 1.86. The number of rotatable bonds is 8. The van der Waals surface area contributed by atoms with Crippen molar-refractivity contribution in [2.75, 3.05) is 6.61 Å². The number of unbranched alkanes of at least 4 members (excludes halogenated alkanes) is 3. The molecule has 0 aliphatic heterocycles. The van der Waals surface area contributed by atoms with Gasteiger partial charge in [0.1, 0.15) is 0 Å². The molecule has 0 spiro atoms. The highest BCUT2D eigenvalue weighted by atomic mass is 16.5. The van der Waals surface area contributed by atoms with Gasteiger partial charge in [0, 0.05) is 0 Å². The second kappa shape index (κ2) is 9.74. The smallest absolute Gasteiger partial charge is 0.0875 e. The molecule has 0 bridgehead atoms. The molecule has 0 N–H and O–H groups in total. The highest BCUT2D eigenvalue weighted by Crippen LogP contribution is 2.26.